The third-order valence-electron chi connectivity index (χ3n) is 7.02. The first-order chi connectivity index (χ1) is 21.1. The summed E-state index contributed by atoms with van der Waals surface area (Å²) in [5.74, 6) is 2.19. The molecule has 0 radical (unpaired) electrons. The number of methoxy groups -OCH3 is 1. The summed E-state index contributed by atoms with van der Waals surface area (Å²) in [5, 5.41) is 13.0. The molecule has 0 spiro atoms. The van der Waals surface area contributed by atoms with Gasteiger partial charge in [-0.3, -0.25) is 4.79 Å². The van der Waals surface area contributed by atoms with Gasteiger partial charge in [-0.25, -0.2) is 0 Å². The lowest BCUT2D eigenvalue weighted by molar-refractivity contribution is 0.0511. The van der Waals surface area contributed by atoms with Gasteiger partial charge in [-0.05, 0) is 48.2 Å². The average molecular weight is 593 g/mol. The highest BCUT2D eigenvalue weighted by molar-refractivity contribution is 5.94. The first-order valence-corrected chi connectivity index (χ1v) is 15.0. The van der Waals surface area contributed by atoms with Crippen molar-refractivity contribution in [2.24, 2.45) is 5.73 Å². The largest absolute Gasteiger partial charge is 0.497 e. The number of nitrogens with zero attached hydrogens (tertiary/aromatic N) is 3. The third-order valence-corrected chi connectivity index (χ3v) is 7.02. The number of benzene rings is 2. The van der Waals surface area contributed by atoms with Gasteiger partial charge in [-0.2, -0.15) is 15.0 Å². The minimum absolute atomic E-state index is 0.147. The first-order valence-electron chi connectivity index (χ1n) is 15.0. The molecule has 43 heavy (non-hydrogen) atoms. The summed E-state index contributed by atoms with van der Waals surface area (Å²) in [7, 11) is 1.65. The van der Waals surface area contributed by atoms with Crippen molar-refractivity contribution in [3.63, 3.8) is 0 Å². The Morgan fingerprint density at radius 3 is 1.98 bits per heavy atom. The molecule has 1 heterocycles. The molecular weight excluding hydrogens is 548 g/mol. The summed E-state index contributed by atoms with van der Waals surface area (Å²) in [6.45, 7) is 3.87. The number of carbonyl (C=O) groups is 1. The van der Waals surface area contributed by atoms with Crippen LogP contribution in [-0.2, 0) is 22.6 Å². The molecule has 1 fully saturated rings. The number of nitrogens with two attached hydrogens (primary N) is 1. The van der Waals surface area contributed by atoms with E-state index in [4.69, 9.17) is 19.9 Å². The van der Waals surface area contributed by atoms with Crippen molar-refractivity contribution in [1.29, 1.82) is 0 Å². The maximum atomic E-state index is 12.5. The highest BCUT2D eigenvalue weighted by atomic mass is 16.5. The quantitative estimate of drug-likeness (QED) is 0.138. The fraction of sp³-hybridized carbons (Fsp3) is 0.484. The molecule has 3 aromatic rings. The van der Waals surface area contributed by atoms with E-state index in [9.17, 15) is 4.79 Å². The number of rotatable bonds is 18. The van der Waals surface area contributed by atoms with Crippen LogP contribution in [0, 0.1) is 0 Å². The highest BCUT2D eigenvalue weighted by Gasteiger charge is 2.16. The standard InChI is InChI=1S/C31H44N8O4/c1-41-27-13-9-24(10-14-27)22-35-30-37-29(38-31(39-30)36-26-5-3-2-4-6-26)34-21-23-7-11-25(12-8-23)28(40)33-16-18-43-20-19-42-17-15-32/h7-14,26H,2-6,15-22,32H2,1H3,(H,33,40)(H3,34,35,36,37,38,39). The molecule has 0 aliphatic heterocycles. The Labute approximate surface area is 253 Å². The van der Waals surface area contributed by atoms with Gasteiger partial charge >= 0.3 is 0 Å². The zero-order chi connectivity index (χ0) is 30.1. The third kappa shape index (κ3) is 11.3. The number of hydrogen-bond donors (Lipinski definition) is 5. The molecule has 0 saturated heterocycles. The predicted octanol–water partition coefficient (Wildman–Crippen LogP) is 3.57. The molecule has 1 aliphatic rings. The summed E-state index contributed by atoms with van der Waals surface area (Å²) in [5.41, 5.74) is 8.03. The maximum Gasteiger partial charge on any atom is 0.251 e. The molecule has 12 nitrogen and oxygen atoms in total. The molecule has 1 amide bonds. The van der Waals surface area contributed by atoms with Crippen molar-refractivity contribution in [2.75, 3.05) is 62.6 Å². The minimum Gasteiger partial charge on any atom is -0.497 e. The minimum atomic E-state index is -0.147. The second-order valence-electron chi connectivity index (χ2n) is 10.3. The lowest BCUT2D eigenvalue weighted by Gasteiger charge is -2.23. The molecule has 1 aliphatic carbocycles. The fourth-order valence-corrected chi connectivity index (χ4v) is 4.65. The Morgan fingerprint density at radius 2 is 1.37 bits per heavy atom. The summed E-state index contributed by atoms with van der Waals surface area (Å²) in [6, 6.07) is 15.7. The smallest absolute Gasteiger partial charge is 0.251 e. The van der Waals surface area contributed by atoms with Crippen LogP contribution >= 0.6 is 0 Å². The Morgan fingerprint density at radius 1 is 0.791 bits per heavy atom. The van der Waals surface area contributed by atoms with E-state index in [2.05, 4.69) is 36.2 Å². The van der Waals surface area contributed by atoms with Crippen LogP contribution in [-0.4, -0.2) is 73.5 Å². The van der Waals surface area contributed by atoms with Gasteiger partial charge in [0.1, 0.15) is 5.75 Å². The van der Waals surface area contributed by atoms with Crippen LogP contribution in [0.4, 0.5) is 17.8 Å². The average Bonchev–Trinajstić information content (AvgIpc) is 3.05. The Bertz CT molecular complexity index is 1240. The van der Waals surface area contributed by atoms with E-state index in [0.717, 1.165) is 29.7 Å². The predicted molar refractivity (Wildman–Crippen MR) is 167 cm³/mol. The van der Waals surface area contributed by atoms with E-state index in [-0.39, 0.29) is 5.91 Å². The second kappa shape index (κ2) is 17.8. The van der Waals surface area contributed by atoms with Gasteiger partial charge in [-0.1, -0.05) is 43.5 Å². The van der Waals surface area contributed by atoms with Crippen molar-refractivity contribution in [1.82, 2.24) is 20.3 Å². The van der Waals surface area contributed by atoms with Crippen LogP contribution in [0.3, 0.4) is 0 Å². The second-order valence-corrected chi connectivity index (χ2v) is 10.3. The zero-order valence-corrected chi connectivity index (χ0v) is 24.9. The van der Waals surface area contributed by atoms with E-state index >= 15 is 0 Å². The molecule has 1 aromatic heterocycles. The van der Waals surface area contributed by atoms with E-state index in [1.54, 1.807) is 19.2 Å². The van der Waals surface area contributed by atoms with Crippen molar-refractivity contribution in [3.05, 3.63) is 65.2 Å². The molecule has 0 atom stereocenters. The van der Waals surface area contributed by atoms with E-state index in [1.807, 2.05) is 36.4 Å². The fourth-order valence-electron chi connectivity index (χ4n) is 4.65. The number of amides is 1. The van der Waals surface area contributed by atoms with Gasteiger partial charge in [-0.15, -0.1) is 0 Å². The van der Waals surface area contributed by atoms with Crippen molar-refractivity contribution < 1.29 is 19.0 Å². The summed E-state index contributed by atoms with van der Waals surface area (Å²) >= 11 is 0. The van der Waals surface area contributed by atoms with Crippen molar-refractivity contribution in [2.45, 2.75) is 51.2 Å². The molecule has 2 aromatic carbocycles. The molecule has 0 unspecified atom stereocenters. The highest BCUT2D eigenvalue weighted by Crippen LogP contribution is 2.21. The van der Waals surface area contributed by atoms with Gasteiger partial charge in [0, 0.05) is 37.8 Å². The van der Waals surface area contributed by atoms with Gasteiger partial charge in [0.15, 0.2) is 0 Å². The van der Waals surface area contributed by atoms with E-state index < -0.39 is 0 Å². The number of aromatic nitrogens is 3. The lowest BCUT2D eigenvalue weighted by atomic mass is 9.96. The van der Waals surface area contributed by atoms with Gasteiger partial charge in [0.25, 0.3) is 5.91 Å². The van der Waals surface area contributed by atoms with Crippen molar-refractivity contribution in [3.8, 4) is 5.75 Å². The Balaban J connectivity index is 1.30. The molecule has 4 rings (SSSR count). The van der Waals surface area contributed by atoms with Crippen LogP contribution in [0.25, 0.3) is 0 Å². The zero-order valence-electron chi connectivity index (χ0n) is 24.9. The van der Waals surface area contributed by atoms with Crippen LogP contribution in [0.5, 0.6) is 5.75 Å². The Kier molecular flexibility index (Phi) is 13.2. The topological polar surface area (TPSA) is 158 Å². The van der Waals surface area contributed by atoms with E-state index in [0.29, 0.717) is 82.1 Å². The normalized spacial score (nSPS) is 13.3. The SMILES string of the molecule is COc1ccc(CNc2nc(NCc3ccc(C(=O)NCCOCCOCCN)cc3)nc(NC3CCCCC3)n2)cc1. The Hall–Kier alpha value is -4.00. The van der Waals surface area contributed by atoms with Gasteiger partial charge < -0.3 is 41.2 Å². The van der Waals surface area contributed by atoms with Crippen LogP contribution in [0.15, 0.2) is 48.5 Å². The summed E-state index contributed by atoms with van der Waals surface area (Å²) < 4.78 is 16.0. The molecule has 232 valence electrons. The van der Waals surface area contributed by atoms with Gasteiger partial charge in [0.2, 0.25) is 17.8 Å². The number of carbonyl (C=O) groups excluding carboxylic acids is 1. The van der Waals surface area contributed by atoms with Crippen LogP contribution in [0.1, 0.15) is 53.6 Å². The lowest BCUT2D eigenvalue weighted by Crippen LogP contribution is -2.27. The molecule has 1 saturated carbocycles. The summed E-state index contributed by atoms with van der Waals surface area (Å²) in [4.78, 5) is 26.4. The number of nitrogens with one attached hydrogen (secondary N) is 4. The monoisotopic (exact) mass is 592 g/mol. The number of anilines is 3. The molecular formula is C31H44N8O4. The number of hydrogen-bond acceptors (Lipinski definition) is 11. The van der Waals surface area contributed by atoms with Crippen molar-refractivity contribution >= 4 is 23.8 Å². The number of ether oxygens (including phenoxy) is 3. The van der Waals surface area contributed by atoms with Crippen LogP contribution in [0.2, 0.25) is 0 Å². The van der Waals surface area contributed by atoms with Gasteiger partial charge in [0.05, 0.1) is 33.5 Å². The summed E-state index contributed by atoms with van der Waals surface area (Å²) in [6.07, 6.45) is 5.92. The van der Waals surface area contributed by atoms with Crippen LogP contribution < -0.4 is 31.7 Å². The maximum absolute atomic E-state index is 12.5. The van der Waals surface area contributed by atoms with E-state index in [1.165, 1.54) is 19.3 Å². The molecule has 0 bridgehead atoms. The molecule has 6 N–H and O–H groups in total. The first kappa shape index (κ1) is 31.9. The molecule has 12 heteroatoms.